The van der Waals surface area contributed by atoms with Gasteiger partial charge >= 0.3 is 5.97 Å². The Hall–Kier alpha value is -0.420. The third-order valence-electron chi connectivity index (χ3n) is 1.46. The minimum Gasteiger partial charge on any atom is -0.480 e. The van der Waals surface area contributed by atoms with Gasteiger partial charge in [-0.25, -0.2) is 0 Å². The van der Waals surface area contributed by atoms with Crippen molar-refractivity contribution in [1.29, 1.82) is 0 Å². The zero-order valence-electron chi connectivity index (χ0n) is 9.22. The zero-order chi connectivity index (χ0) is 12.5. The van der Waals surface area contributed by atoms with Gasteiger partial charge < -0.3 is 21.5 Å². The Bertz CT molecular complexity index is 215. The summed E-state index contributed by atoms with van der Waals surface area (Å²) in [5.74, 6) is -1.14. The second kappa shape index (κ2) is 8.85. The maximum Gasteiger partial charge on any atom is 0.320 e. The highest BCUT2D eigenvalue weighted by Gasteiger charge is 2.16. The van der Waals surface area contributed by atoms with Gasteiger partial charge in [0.1, 0.15) is 6.04 Å². The molecule has 0 fully saturated rings. The van der Waals surface area contributed by atoms with Crippen LogP contribution in [-0.2, 0) is 9.36 Å². The summed E-state index contributed by atoms with van der Waals surface area (Å²) in [5, 5.41) is 8.28. The van der Waals surface area contributed by atoms with Crippen LogP contribution in [0.1, 0.15) is 19.8 Å². The van der Waals surface area contributed by atoms with Gasteiger partial charge in [0.05, 0.1) is 0 Å². The number of carbonyl (C=O) groups is 1. The first-order chi connectivity index (χ1) is 6.74. The van der Waals surface area contributed by atoms with Crippen LogP contribution in [0.2, 0.25) is 0 Å². The SMILES string of the molecule is CCCN.CP(=O)(O)CCC(N)C(=O)O. The molecule has 6 N–H and O–H groups in total. The molecule has 7 heteroatoms. The van der Waals surface area contributed by atoms with Crippen LogP contribution >= 0.6 is 7.37 Å². The molecule has 0 aromatic carbocycles. The lowest BCUT2D eigenvalue weighted by molar-refractivity contribution is -0.138. The fourth-order valence-electron chi connectivity index (χ4n) is 0.502. The lowest BCUT2D eigenvalue weighted by Gasteiger charge is -2.07. The van der Waals surface area contributed by atoms with E-state index in [0.29, 0.717) is 0 Å². The van der Waals surface area contributed by atoms with Crippen LogP contribution in [0, 0.1) is 0 Å². The standard InChI is InChI=1S/C5H12NO4P.C3H9N/c1-11(9,10)3-2-4(6)5(7)8;1-2-3-4/h4H,2-3,6H2,1H3,(H,7,8)(H,9,10);2-4H2,1H3. The average molecular weight is 240 g/mol. The third-order valence-corrected chi connectivity index (χ3v) is 2.55. The Morgan fingerprint density at radius 3 is 2.13 bits per heavy atom. The molecule has 15 heavy (non-hydrogen) atoms. The van der Waals surface area contributed by atoms with E-state index < -0.39 is 19.4 Å². The summed E-state index contributed by atoms with van der Waals surface area (Å²) in [4.78, 5) is 18.9. The molecule has 0 aliphatic heterocycles. The molecular formula is C8H21N2O4P. The van der Waals surface area contributed by atoms with Crippen molar-refractivity contribution in [3.05, 3.63) is 0 Å². The molecule has 0 radical (unpaired) electrons. The molecule has 0 rings (SSSR count). The fourth-order valence-corrected chi connectivity index (χ4v) is 1.26. The van der Waals surface area contributed by atoms with E-state index in [-0.39, 0.29) is 12.6 Å². The van der Waals surface area contributed by atoms with Crippen LogP contribution in [0.3, 0.4) is 0 Å². The quantitative estimate of drug-likeness (QED) is 0.503. The smallest absolute Gasteiger partial charge is 0.320 e. The first-order valence-corrected chi connectivity index (χ1v) is 7.01. The number of carboxylic acids is 1. The summed E-state index contributed by atoms with van der Waals surface area (Å²) in [6, 6.07) is -1.03. The Morgan fingerprint density at radius 2 is 1.93 bits per heavy atom. The summed E-state index contributed by atoms with van der Waals surface area (Å²) < 4.78 is 10.6. The first kappa shape index (κ1) is 17.0. The first-order valence-electron chi connectivity index (χ1n) is 4.72. The molecule has 0 aromatic rings. The second-order valence-corrected chi connectivity index (χ2v) is 5.85. The normalized spacial score (nSPS) is 15.8. The number of rotatable bonds is 5. The average Bonchev–Trinajstić information content (AvgIpc) is 2.13. The highest BCUT2D eigenvalue weighted by atomic mass is 31.2. The third kappa shape index (κ3) is 16.3. The largest absolute Gasteiger partial charge is 0.480 e. The molecule has 0 bridgehead atoms. The van der Waals surface area contributed by atoms with Gasteiger partial charge in [0.25, 0.3) is 0 Å². The van der Waals surface area contributed by atoms with Crippen LogP contribution in [0.4, 0.5) is 0 Å². The van der Waals surface area contributed by atoms with Crippen molar-refractivity contribution in [2.24, 2.45) is 11.5 Å². The van der Waals surface area contributed by atoms with Gasteiger partial charge in [-0.2, -0.15) is 0 Å². The van der Waals surface area contributed by atoms with Crippen LogP contribution in [0.25, 0.3) is 0 Å². The zero-order valence-corrected chi connectivity index (χ0v) is 10.1. The number of carboxylic acid groups (broad SMARTS) is 1. The second-order valence-electron chi connectivity index (χ2n) is 3.30. The molecule has 0 aromatic heterocycles. The highest BCUT2D eigenvalue weighted by Crippen LogP contribution is 2.35. The van der Waals surface area contributed by atoms with Gasteiger partial charge in [0.2, 0.25) is 0 Å². The Morgan fingerprint density at radius 1 is 1.53 bits per heavy atom. The van der Waals surface area contributed by atoms with E-state index in [1.165, 1.54) is 6.66 Å². The molecule has 0 aliphatic rings. The van der Waals surface area contributed by atoms with Crippen molar-refractivity contribution in [2.45, 2.75) is 25.8 Å². The molecule has 2 unspecified atom stereocenters. The monoisotopic (exact) mass is 240 g/mol. The maximum absolute atomic E-state index is 10.6. The van der Waals surface area contributed by atoms with Crippen molar-refractivity contribution in [3.63, 3.8) is 0 Å². The molecule has 6 nitrogen and oxygen atoms in total. The van der Waals surface area contributed by atoms with Crippen LogP contribution in [-0.4, -0.2) is 41.4 Å². The Balaban J connectivity index is 0. The van der Waals surface area contributed by atoms with E-state index >= 15 is 0 Å². The van der Waals surface area contributed by atoms with Gasteiger partial charge in [-0.1, -0.05) is 6.92 Å². The van der Waals surface area contributed by atoms with E-state index in [9.17, 15) is 9.36 Å². The van der Waals surface area contributed by atoms with E-state index in [1.54, 1.807) is 0 Å². The molecule has 2 atom stereocenters. The van der Waals surface area contributed by atoms with Crippen LogP contribution in [0.5, 0.6) is 0 Å². The van der Waals surface area contributed by atoms with E-state index in [2.05, 4.69) is 6.92 Å². The van der Waals surface area contributed by atoms with Gasteiger partial charge in [0.15, 0.2) is 7.37 Å². The predicted molar refractivity (Wildman–Crippen MR) is 60.2 cm³/mol. The molecule has 0 amide bonds. The molecule has 0 saturated heterocycles. The summed E-state index contributed by atoms with van der Waals surface area (Å²) in [5.41, 5.74) is 10.1. The molecule has 92 valence electrons. The van der Waals surface area contributed by atoms with Crippen LogP contribution in [0.15, 0.2) is 0 Å². The lowest BCUT2D eigenvalue weighted by atomic mass is 10.2. The minimum atomic E-state index is -3.10. The predicted octanol–water partition coefficient (Wildman–Crippen LogP) is 0.0437. The van der Waals surface area contributed by atoms with E-state index in [0.717, 1.165) is 13.0 Å². The summed E-state index contributed by atoms with van der Waals surface area (Å²) >= 11 is 0. The number of hydrogen-bond acceptors (Lipinski definition) is 4. The van der Waals surface area contributed by atoms with Gasteiger partial charge in [-0.15, -0.1) is 0 Å². The number of hydrogen-bond donors (Lipinski definition) is 4. The number of aliphatic carboxylic acids is 1. The van der Waals surface area contributed by atoms with E-state index in [1.807, 2.05) is 0 Å². The molecule has 0 aliphatic carbocycles. The van der Waals surface area contributed by atoms with E-state index in [4.69, 9.17) is 21.5 Å². The van der Waals surface area contributed by atoms with Gasteiger partial charge in [-0.05, 0) is 19.4 Å². The molecular weight excluding hydrogens is 219 g/mol. The Labute approximate surface area is 90.1 Å². The fraction of sp³-hybridized carbons (Fsp3) is 0.875. The van der Waals surface area contributed by atoms with Crippen molar-refractivity contribution >= 4 is 13.3 Å². The summed E-state index contributed by atoms with van der Waals surface area (Å²) in [7, 11) is -3.10. The maximum atomic E-state index is 10.6. The number of nitrogens with two attached hydrogens (primary N) is 2. The highest BCUT2D eigenvalue weighted by molar-refractivity contribution is 7.57. The van der Waals surface area contributed by atoms with Crippen molar-refractivity contribution in [2.75, 3.05) is 19.4 Å². The van der Waals surface area contributed by atoms with Crippen molar-refractivity contribution < 1.29 is 19.4 Å². The van der Waals surface area contributed by atoms with Crippen LogP contribution < -0.4 is 11.5 Å². The minimum absolute atomic E-state index is 0.0412. The van der Waals surface area contributed by atoms with Crippen molar-refractivity contribution in [3.8, 4) is 0 Å². The molecule has 0 saturated carbocycles. The molecule has 0 heterocycles. The summed E-state index contributed by atoms with van der Waals surface area (Å²) in [6.07, 6.45) is 1.10. The molecule has 0 spiro atoms. The Kier molecular flexibility index (Phi) is 10.0. The van der Waals surface area contributed by atoms with Gasteiger partial charge in [0, 0.05) is 12.8 Å². The van der Waals surface area contributed by atoms with Gasteiger partial charge in [-0.3, -0.25) is 9.36 Å². The summed E-state index contributed by atoms with van der Waals surface area (Å²) in [6.45, 7) is 4.06. The topological polar surface area (TPSA) is 127 Å². The lowest BCUT2D eigenvalue weighted by Crippen LogP contribution is -2.30. The van der Waals surface area contributed by atoms with Crippen molar-refractivity contribution in [1.82, 2.24) is 0 Å².